The Kier molecular flexibility index (Phi) is 3.12. The highest BCUT2D eigenvalue weighted by atomic mass is 32.2. The van der Waals surface area contributed by atoms with Crippen LogP contribution in [0.1, 0.15) is 11.1 Å². The lowest BCUT2D eigenvalue weighted by atomic mass is 10.1. The van der Waals surface area contributed by atoms with Crippen LogP contribution in [0.15, 0.2) is 23.1 Å². The van der Waals surface area contributed by atoms with Crippen molar-refractivity contribution < 1.29 is 13.2 Å². The van der Waals surface area contributed by atoms with Gasteiger partial charge in [-0.15, -0.1) is 18.2 Å². The van der Waals surface area contributed by atoms with Crippen LogP contribution in [-0.2, 0) is 6.18 Å². The minimum Gasteiger partial charge on any atom is -0.166 e. The summed E-state index contributed by atoms with van der Waals surface area (Å²) in [5.74, 6) is 2.34. The number of alkyl halides is 3. The molecule has 0 aliphatic carbocycles. The maximum Gasteiger partial charge on any atom is 0.416 e. The first kappa shape index (κ1) is 11.0. The minimum atomic E-state index is -4.31. The van der Waals surface area contributed by atoms with E-state index in [0.717, 1.165) is 12.1 Å². The number of rotatable bonds is 1. The fraction of sp³-hybridized carbons (Fsp3) is 0.200. The van der Waals surface area contributed by atoms with Gasteiger partial charge in [0.15, 0.2) is 0 Å². The third-order valence-corrected chi connectivity index (χ3v) is 2.46. The molecule has 0 atom stereocenters. The molecule has 4 heteroatoms. The van der Waals surface area contributed by atoms with Crippen molar-refractivity contribution in [1.82, 2.24) is 0 Å². The van der Waals surface area contributed by atoms with Crippen LogP contribution in [0, 0.1) is 12.3 Å². The Morgan fingerprint density at radius 2 is 2.00 bits per heavy atom. The van der Waals surface area contributed by atoms with E-state index in [0.29, 0.717) is 10.5 Å². The summed E-state index contributed by atoms with van der Waals surface area (Å²) < 4.78 is 36.8. The van der Waals surface area contributed by atoms with Crippen LogP contribution in [0.2, 0.25) is 0 Å². The maximum atomic E-state index is 12.3. The van der Waals surface area contributed by atoms with Gasteiger partial charge in [0, 0.05) is 10.5 Å². The zero-order chi connectivity index (χ0) is 10.8. The molecule has 1 rings (SSSR count). The van der Waals surface area contributed by atoms with Crippen molar-refractivity contribution >= 4 is 11.8 Å². The molecule has 0 heterocycles. The van der Waals surface area contributed by atoms with Crippen LogP contribution in [0.5, 0.6) is 0 Å². The van der Waals surface area contributed by atoms with Crippen LogP contribution in [0.25, 0.3) is 0 Å². The smallest absolute Gasteiger partial charge is 0.166 e. The summed E-state index contributed by atoms with van der Waals surface area (Å²) in [6, 6.07) is 3.38. The first-order chi connectivity index (χ1) is 6.49. The fourth-order valence-electron chi connectivity index (χ4n) is 0.987. The Hall–Kier alpha value is -1.08. The van der Waals surface area contributed by atoms with Crippen LogP contribution in [0.4, 0.5) is 13.2 Å². The molecular weight excluding hydrogens is 209 g/mol. The van der Waals surface area contributed by atoms with E-state index in [4.69, 9.17) is 6.42 Å². The Morgan fingerprint density at radius 3 is 2.43 bits per heavy atom. The van der Waals surface area contributed by atoms with Crippen LogP contribution < -0.4 is 0 Å². The van der Waals surface area contributed by atoms with Gasteiger partial charge in [0.05, 0.1) is 5.56 Å². The average molecular weight is 216 g/mol. The Bertz CT molecular complexity index is 374. The summed E-state index contributed by atoms with van der Waals surface area (Å²) in [7, 11) is 0. The molecular formula is C10H7F3S. The molecule has 74 valence electrons. The van der Waals surface area contributed by atoms with E-state index in [9.17, 15) is 13.2 Å². The van der Waals surface area contributed by atoms with Gasteiger partial charge < -0.3 is 0 Å². The molecule has 0 spiro atoms. The lowest BCUT2D eigenvalue weighted by Gasteiger charge is -2.08. The SMILES string of the molecule is C#Cc1ccc(C(F)(F)F)cc1SC. The molecule has 14 heavy (non-hydrogen) atoms. The molecule has 0 fully saturated rings. The zero-order valence-electron chi connectivity index (χ0n) is 7.35. The molecule has 0 aliphatic heterocycles. The molecule has 0 amide bonds. The summed E-state index contributed by atoms with van der Waals surface area (Å²) in [6.45, 7) is 0. The second kappa shape index (κ2) is 3.97. The van der Waals surface area contributed by atoms with E-state index < -0.39 is 11.7 Å². The molecule has 0 bridgehead atoms. The molecule has 0 radical (unpaired) electrons. The number of benzene rings is 1. The minimum absolute atomic E-state index is 0.474. The second-order valence-electron chi connectivity index (χ2n) is 2.56. The molecule has 0 nitrogen and oxygen atoms in total. The first-order valence-corrected chi connectivity index (χ1v) is 4.93. The van der Waals surface area contributed by atoms with Gasteiger partial charge in [0.1, 0.15) is 0 Å². The molecule has 0 aromatic heterocycles. The first-order valence-electron chi connectivity index (χ1n) is 3.71. The summed E-state index contributed by atoms with van der Waals surface area (Å²) in [5.41, 5.74) is -0.175. The lowest BCUT2D eigenvalue weighted by Crippen LogP contribution is -2.05. The average Bonchev–Trinajstić information content (AvgIpc) is 2.15. The number of halogens is 3. The standard InChI is InChI=1S/C10H7F3S/c1-3-7-4-5-8(10(11,12)13)6-9(7)14-2/h1,4-6H,2H3. The Labute approximate surface area is 84.5 Å². The normalized spacial score (nSPS) is 11.1. The van der Waals surface area contributed by atoms with E-state index in [1.54, 1.807) is 6.26 Å². The lowest BCUT2D eigenvalue weighted by molar-refractivity contribution is -0.137. The van der Waals surface area contributed by atoms with Crippen LogP contribution in [0.3, 0.4) is 0 Å². The van der Waals surface area contributed by atoms with E-state index in [1.807, 2.05) is 0 Å². The largest absolute Gasteiger partial charge is 0.416 e. The summed E-state index contributed by atoms with van der Waals surface area (Å²) in [4.78, 5) is 0.474. The second-order valence-corrected chi connectivity index (χ2v) is 3.41. The van der Waals surface area contributed by atoms with Crippen LogP contribution >= 0.6 is 11.8 Å². The predicted octanol–water partition coefficient (Wildman–Crippen LogP) is 3.41. The Morgan fingerprint density at radius 1 is 1.36 bits per heavy atom. The molecule has 0 N–H and O–H groups in total. The van der Waals surface area contributed by atoms with E-state index in [1.165, 1.54) is 17.8 Å². The van der Waals surface area contributed by atoms with Gasteiger partial charge in [0.2, 0.25) is 0 Å². The quantitative estimate of drug-likeness (QED) is 0.512. The number of thioether (sulfide) groups is 1. The summed E-state index contributed by atoms with van der Waals surface area (Å²) >= 11 is 1.21. The molecule has 0 unspecified atom stereocenters. The van der Waals surface area contributed by atoms with Gasteiger partial charge in [-0.2, -0.15) is 13.2 Å². The predicted molar refractivity (Wildman–Crippen MR) is 51.2 cm³/mol. The molecule has 1 aromatic rings. The number of hydrogen-bond donors (Lipinski definition) is 0. The fourth-order valence-corrected chi connectivity index (χ4v) is 1.58. The summed E-state index contributed by atoms with van der Waals surface area (Å²) in [6.07, 6.45) is 2.52. The highest BCUT2D eigenvalue weighted by molar-refractivity contribution is 7.98. The molecule has 0 aliphatic rings. The zero-order valence-corrected chi connectivity index (χ0v) is 8.17. The van der Waals surface area contributed by atoms with Gasteiger partial charge in [-0.1, -0.05) is 5.92 Å². The topological polar surface area (TPSA) is 0 Å². The van der Waals surface area contributed by atoms with Gasteiger partial charge in [-0.05, 0) is 24.5 Å². The molecule has 0 saturated heterocycles. The van der Waals surface area contributed by atoms with E-state index in [2.05, 4.69) is 5.92 Å². The van der Waals surface area contributed by atoms with Gasteiger partial charge in [0.25, 0.3) is 0 Å². The third-order valence-electron chi connectivity index (χ3n) is 1.68. The summed E-state index contributed by atoms with van der Waals surface area (Å²) in [5, 5.41) is 0. The van der Waals surface area contributed by atoms with Crippen molar-refractivity contribution in [3.8, 4) is 12.3 Å². The van der Waals surface area contributed by atoms with Crippen molar-refractivity contribution in [1.29, 1.82) is 0 Å². The highest BCUT2D eigenvalue weighted by Crippen LogP contribution is 2.32. The Balaban J connectivity index is 3.23. The van der Waals surface area contributed by atoms with Gasteiger partial charge in [-0.3, -0.25) is 0 Å². The van der Waals surface area contributed by atoms with E-state index in [-0.39, 0.29) is 0 Å². The maximum absolute atomic E-state index is 12.3. The van der Waals surface area contributed by atoms with Gasteiger partial charge >= 0.3 is 6.18 Å². The van der Waals surface area contributed by atoms with Crippen molar-refractivity contribution in [2.75, 3.05) is 6.26 Å². The van der Waals surface area contributed by atoms with Crippen LogP contribution in [-0.4, -0.2) is 6.26 Å². The van der Waals surface area contributed by atoms with Crippen molar-refractivity contribution in [3.63, 3.8) is 0 Å². The highest BCUT2D eigenvalue weighted by Gasteiger charge is 2.30. The van der Waals surface area contributed by atoms with E-state index >= 15 is 0 Å². The molecule has 0 saturated carbocycles. The van der Waals surface area contributed by atoms with Crippen molar-refractivity contribution in [3.05, 3.63) is 29.3 Å². The van der Waals surface area contributed by atoms with Crippen molar-refractivity contribution in [2.24, 2.45) is 0 Å². The number of terminal acetylenes is 1. The number of hydrogen-bond acceptors (Lipinski definition) is 1. The van der Waals surface area contributed by atoms with Crippen molar-refractivity contribution in [2.45, 2.75) is 11.1 Å². The molecule has 1 aromatic carbocycles. The van der Waals surface area contributed by atoms with Gasteiger partial charge in [-0.25, -0.2) is 0 Å². The monoisotopic (exact) mass is 216 g/mol. The third kappa shape index (κ3) is 2.24.